The first-order valence-corrected chi connectivity index (χ1v) is 8.73. The monoisotopic (exact) mass is 351 g/mol. The third kappa shape index (κ3) is 2.99. The number of carbonyl (C=O) groups is 1. The molecule has 1 fully saturated rings. The van der Waals surface area contributed by atoms with Gasteiger partial charge in [-0.2, -0.15) is 5.26 Å². The smallest absolute Gasteiger partial charge is 0.232 e. The van der Waals surface area contributed by atoms with Gasteiger partial charge in [-0.15, -0.1) is 0 Å². The molecule has 3 aromatic rings. The Hall–Kier alpha value is -2.78. The molecule has 6 heteroatoms. The van der Waals surface area contributed by atoms with E-state index in [1.54, 1.807) is 6.07 Å². The third-order valence-corrected chi connectivity index (χ3v) is 5.28. The summed E-state index contributed by atoms with van der Waals surface area (Å²) < 4.78 is 13.9. The number of rotatable bonds is 3. The lowest BCUT2D eigenvalue weighted by atomic mass is 9.98. The van der Waals surface area contributed by atoms with E-state index in [9.17, 15) is 9.18 Å². The van der Waals surface area contributed by atoms with Gasteiger partial charge in [0.05, 0.1) is 27.8 Å². The van der Waals surface area contributed by atoms with Crippen LogP contribution in [0.3, 0.4) is 0 Å². The van der Waals surface area contributed by atoms with Crippen LogP contribution in [0.5, 0.6) is 0 Å². The number of benzene rings is 2. The van der Waals surface area contributed by atoms with Crippen molar-refractivity contribution < 1.29 is 9.18 Å². The van der Waals surface area contributed by atoms with E-state index in [1.807, 2.05) is 37.3 Å². The minimum atomic E-state index is -1.02. The Balaban J connectivity index is 1.67. The molecule has 4 nitrogen and oxygen atoms in total. The van der Waals surface area contributed by atoms with Crippen LogP contribution in [-0.2, 0) is 4.79 Å². The number of hydrogen-bond donors (Lipinski definition) is 1. The molecule has 1 aromatic heterocycles. The van der Waals surface area contributed by atoms with Gasteiger partial charge in [0.25, 0.3) is 0 Å². The zero-order valence-corrected chi connectivity index (χ0v) is 14.2. The van der Waals surface area contributed by atoms with Crippen LogP contribution >= 0.6 is 11.3 Å². The van der Waals surface area contributed by atoms with Gasteiger partial charge in [-0.05, 0) is 54.3 Å². The molecule has 2 aromatic carbocycles. The molecule has 2 unspecified atom stereocenters. The van der Waals surface area contributed by atoms with E-state index in [0.717, 1.165) is 26.9 Å². The fourth-order valence-electron chi connectivity index (χ4n) is 2.78. The summed E-state index contributed by atoms with van der Waals surface area (Å²) in [6.45, 7) is 2.00. The van der Waals surface area contributed by atoms with Gasteiger partial charge in [0.2, 0.25) is 5.91 Å². The number of halogens is 1. The van der Waals surface area contributed by atoms with E-state index in [0.29, 0.717) is 17.1 Å². The zero-order chi connectivity index (χ0) is 17.6. The maximum Gasteiger partial charge on any atom is 0.232 e. The van der Waals surface area contributed by atoms with Crippen LogP contribution in [0.4, 0.5) is 9.52 Å². The van der Waals surface area contributed by atoms with E-state index < -0.39 is 12.1 Å². The Kier molecular flexibility index (Phi) is 3.74. The standard InChI is InChI=1S/C19H14FN3OS/c1-10-2-3-11(9-21)6-13(10)12-4-5-16-17(7-12)25-19(22-16)23-18(24)14-8-15(14)20/h2-7,14-15H,8H2,1H3,(H,22,23,24). The van der Waals surface area contributed by atoms with Gasteiger partial charge < -0.3 is 5.32 Å². The van der Waals surface area contributed by atoms with Crippen molar-refractivity contribution in [3.05, 3.63) is 47.5 Å². The van der Waals surface area contributed by atoms with Gasteiger partial charge in [-0.25, -0.2) is 9.37 Å². The highest BCUT2D eigenvalue weighted by molar-refractivity contribution is 7.22. The molecule has 1 amide bonds. The number of nitrogens with zero attached hydrogens (tertiary/aromatic N) is 2. The Bertz CT molecular complexity index is 1040. The van der Waals surface area contributed by atoms with Crippen molar-refractivity contribution in [2.75, 3.05) is 5.32 Å². The molecule has 1 aliphatic rings. The van der Waals surface area contributed by atoms with Crippen molar-refractivity contribution in [2.45, 2.75) is 19.5 Å². The van der Waals surface area contributed by atoms with Crippen LogP contribution in [0.25, 0.3) is 21.3 Å². The summed E-state index contributed by atoms with van der Waals surface area (Å²) in [5, 5.41) is 12.3. The predicted octanol–water partition coefficient (Wildman–Crippen LogP) is 4.44. The minimum absolute atomic E-state index is 0.301. The molecule has 0 radical (unpaired) electrons. The number of alkyl halides is 1. The molecular formula is C19H14FN3OS. The fraction of sp³-hybridized carbons (Fsp3) is 0.211. The molecule has 0 spiro atoms. The van der Waals surface area contributed by atoms with Crippen LogP contribution in [0.1, 0.15) is 17.5 Å². The van der Waals surface area contributed by atoms with Crippen molar-refractivity contribution in [3.63, 3.8) is 0 Å². The van der Waals surface area contributed by atoms with Crippen molar-refractivity contribution in [1.82, 2.24) is 4.98 Å². The molecule has 1 heterocycles. The maximum atomic E-state index is 13.0. The number of hydrogen-bond acceptors (Lipinski definition) is 4. The first-order valence-electron chi connectivity index (χ1n) is 7.92. The second-order valence-electron chi connectivity index (χ2n) is 6.19. The van der Waals surface area contributed by atoms with E-state index in [2.05, 4.69) is 16.4 Å². The number of nitriles is 1. The summed E-state index contributed by atoms with van der Waals surface area (Å²) in [5.41, 5.74) is 4.47. The summed E-state index contributed by atoms with van der Waals surface area (Å²) in [7, 11) is 0. The Labute approximate surface area is 147 Å². The van der Waals surface area contributed by atoms with Crippen molar-refractivity contribution in [2.24, 2.45) is 5.92 Å². The second-order valence-corrected chi connectivity index (χ2v) is 7.22. The van der Waals surface area contributed by atoms with Crippen LogP contribution in [0, 0.1) is 24.2 Å². The van der Waals surface area contributed by atoms with Crippen LogP contribution in [0.15, 0.2) is 36.4 Å². The topological polar surface area (TPSA) is 65.8 Å². The van der Waals surface area contributed by atoms with E-state index in [4.69, 9.17) is 5.26 Å². The van der Waals surface area contributed by atoms with Gasteiger partial charge in [-0.1, -0.05) is 23.5 Å². The van der Waals surface area contributed by atoms with E-state index >= 15 is 0 Å². The average molecular weight is 351 g/mol. The third-order valence-electron chi connectivity index (χ3n) is 4.35. The SMILES string of the molecule is Cc1ccc(C#N)cc1-c1ccc2nc(NC(=O)C3CC3F)sc2c1. The summed E-state index contributed by atoms with van der Waals surface area (Å²) in [5.74, 6) is -0.830. The highest BCUT2D eigenvalue weighted by Gasteiger charge is 2.43. The van der Waals surface area contributed by atoms with Crippen LogP contribution in [-0.4, -0.2) is 17.1 Å². The summed E-state index contributed by atoms with van der Waals surface area (Å²) in [6, 6.07) is 13.6. The highest BCUT2D eigenvalue weighted by Crippen LogP contribution is 2.36. The minimum Gasteiger partial charge on any atom is -0.302 e. The van der Waals surface area contributed by atoms with Gasteiger partial charge in [0.15, 0.2) is 5.13 Å². The van der Waals surface area contributed by atoms with Gasteiger partial charge in [0, 0.05) is 0 Å². The normalized spacial score (nSPS) is 18.8. The molecule has 0 saturated heterocycles. The summed E-state index contributed by atoms with van der Waals surface area (Å²) in [4.78, 5) is 16.2. The van der Waals surface area contributed by atoms with E-state index in [-0.39, 0.29) is 5.91 Å². The molecule has 0 aliphatic heterocycles. The largest absolute Gasteiger partial charge is 0.302 e. The molecule has 1 aliphatic carbocycles. The molecule has 25 heavy (non-hydrogen) atoms. The Morgan fingerprint density at radius 3 is 2.88 bits per heavy atom. The lowest BCUT2D eigenvalue weighted by Crippen LogP contribution is -2.14. The average Bonchev–Trinajstić information content (AvgIpc) is 3.20. The fourth-order valence-corrected chi connectivity index (χ4v) is 3.69. The lowest BCUT2D eigenvalue weighted by Gasteiger charge is -2.06. The number of thiazole rings is 1. The number of nitrogens with one attached hydrogen (secondary N) is 1. The van der Waals surface area contributed by atoms with Crippen LogP contribution in [0.2, 0.25) is 0 Å². The molecule has 1 saturated carbocycles. The number of carbonyl (C=O) groups excluding carboxylic acids is 1. The molecule has 124 valence electrons. The van der Waals surface area contributed by atoms with Crippen molar-refractivity contribution >= 4 is 32.6 Å². The molecule has 4 rings (SSSR count). The molecule has 0 bridgehead atoms. The zero-order valence-electron chi connectivity index (χ0n) is 13.4. The van der Waals surface area contributed by atoms with E-state index in [1.165, 1.54) is 11.3 Å². The van der Waals surface area contributed by atoms with Crippen LogP contribution < -0.4 is 5.32 Å². The number of aromatic nitrogens is 1. The number of fused-ring (bicyclic) bond motifs is 1. The number of amides is 1. The lowest BCUT2D eigenvalue weighted by molar-refractivity contribution is -0.117. The maximum absolute atomic E-state index is 13.0. The van der Waals surface area contributed by atoms with Gasteiger partial charge in [-0.3, -0.25) is 4.79 Å². The number of aryl methyl sites for hydroxylation is 1. The summed E-state index contributed by atoms with van der Waals surface area (Å²) in [6.07, 6.45) is -0.716. The molecule has 2 atom stereocenters. The second kappa shape index (κ2) is 5.94. The van der Waals surface area contributed by atoms with Gasteiger partial charge in [0.1, 0.15) is 6.17 Å². The number of anilines is 1. The first-order chi connectivity index (χ1) is 12.0. The Morgan fingerprint density at radius 1 is 1.36 bits per heavy atom. The predicted molar refractivity (Wildman–Crippen MR) is 96.1 cm³/mol. The summed E-state index contributed by atoms with van der Waals surface area (Å²) >= 11 is 1.37. The van der Waals surface area contributed by atoms with Gasteiger partial charge >= 0.3 is 0 Å². The highest BCUT2D eigenvalue weighted by atomic mass is 32.1. The first kappa shape index (κ1) is 15.7. The Morgan fingerprint density at radius 2 is 2.16 bits per heavy atom. The van der Waals surface area contributed by atoms with Crippen molar-refractivity contribution in [1.29, 1.82) is 5.26 Å². The molecular weight excluding hydrogens is 337 g/mol. The quantitative estimate of drug-likeness (QED) is 0.758. The van der Waals surface area contributed by atoms with Crippen molar-refractivity contribution in [3.8, 4) is 17.2 Å². The molecule has 1 N–H and O–H groups in total.